The lowest BCUT2D eigenvalue weighted by atomic mass is 9.70. The first-order valence-corrected chi connectivity index (χ1v) is 46.6. The number of amides is 9. The molecule has 6 unspecified atom stereocenters. The van der Waals surface area contributed by atoms with Crippen molar-refractivity contribution in [1.82, 2.24) is 45.3 Å². The van der Waals surface area contributed by atoms with Gasteiger partial charge in [0.15, 0.2) is 0 Å². The number of unbranched alkanes of at least 4 members (excludes halogenated alkanes) is 4. The number of hydrogen-bond donors (Lipinski definition) is 3. The summed E-state index contributed by atoms with van der Waals surface area (Å²) in [4.78, 5) is 161. The summed E-state index contributed by atoms with van der Waals surface area (Å²) >= 11 is 0. The molecule has 1 aromatic carbocycles. The third kappa shape index (κ3) is 34.2. The van der Waals surface area contributed by atoms with Gasteiger partial charge in [0.25, 0.3) is 0 Å². The van der Waals surface area contributed by atoms with E-state index >= 15 is 0 Å². The quantitative estimate of drug-likeness (QED) is 0.0418. The number of benzene rings is 1. The number of ketones is 3. The van der Waals surface area contributed by atoms with Gasteiger partial charge in [-0.05, 0) is 249 Å². The van der Waals surface area contributed by atoms with Crippen molar-refractivity contribution in [3.63, 3.8) is 0 Å². The predicted octanol–water partition coefficient (Wildman–Crippen LogP) is 16.5. The Labute approximate surface area is 727 Å². The van der Waals surface area contributed by atoms with Crippen LogP contribution in [0.1, 0.15) is 305 Å². The smallest absolute Gasteiger partial charge is 0.248 e. The van der Waals surface area contributed by atoms with E-state index in [0.29, 0.717) is 215 Å². The van der Waals surface area contributed by atoms with Crippen LogP contribution >= 0.6 is 0 Å². The lowest BCUT2D eigenvalue weighted by Gasteiger charge is -2.36. The van der Waals surface area contributed by atoms with Gasteiger partial charge in [0.05, 0.1) is 11.1 Å². The van der Waals surface area contributed by atoms with Crippen molar-refractivity contribution in [3.8, 4) is 0 Å². The number of rotatable bonds is 36. The minimum absolute atomic E-state index is 0.00126. The largest absolute Gasteiger partial charge is 0.356 e. The fraction of sp³-hybridized carbons (Fsp3) is 0.700. The second-order valence-corrected chi connectivity index (χ2v) is 39.2. The summed E-state index contributed by atoms with van der Waals surface area (Å²) in [6.45, 7) is 50.2. The number of likely N-dealkylation sites (tertiary alicyclic amines) is 6. The Balaban J connectivity index is 0.000000251. The SMILES string of the molecule is C=C(C)C(=O)N1CCC(CC(=O)CCCCCCCNC(=O)CC2CCN(C(=O)C(=C)C)CC2)CC1.C=C(C)C(=O)N1CCC(CC(=O)NC(C)(C)c2cccc(C(C)(C)NC(=O)CC3CCN(C(=O)C(=C)C)CC3)c2)CC1.C=C(C)C(=O)N1CCCC(CC(=O)CC2CCCC(CC3CCCC(CC(=O)CC4CCCN(C(=O)C(=C)C)C4)C3)C2)C1. The molecule has 0 radical (unpaired) electrons. The molecule has 1 aromatic rings. The van der Waals surface area contributed by atoms with Crippen molar-refractivity contribution in [3.05, 3.63) is 108 Å². The Morgan fingerprint density at radius 1 is 0.322 bits per heavy atom. The van der Waals surface area contributed by atoms with Gasteiger partial charge in [0.2, 0.25) is 53.2 Å². The first kappa shape index (κ1) is 100.0. The second-order valence-electron chi connectivity index (χ2n) is 39.2. The monoisotopic (exact) mass is 1670 g/mol. The van der Waals surface area contributed by atoms with Crippen LogP contribution in [0.5, 0.6) is 0 Å². The minimum atomic E-state index is -0.598. The van der Waals surface area contributed by atoms with Crippen LogP contribution in [0.15, 0.2) is 97.2 Å². The van der Waals surface area contributed by atoms with Crippen LogP contribution in [0.4, 0.5) is 0 Å². The zero-order valence-corrected chi connectivity index (χ0v) is 76.3. The topological polar surface area (TPSA) is 260 Å². The van der Waals surface area contributed by atoms with Gasteiger partial charge in [-0.1, -0.05) is 122 Å². The van der Waals surface area contributed by atoms with Crippen molar-refractivity contribution >= 4 is 70.5 Å². The van der Waals surface area contributed by atoms with Crippen LogP contribution in [0, 0.1) is 59.2 Å². The van der Waals surface area contributed by atoms with E-state index < -0.39 is 11.1 Å². The molecule has 9 rings (SSSR count). The highest BCUT2D eigenvalue weighted by Gasteiger charge is 2.37. The standard InChI is InChI=1S/C37H58N2O4.C34H50N4O4.C29H47N3O4/c1-26(2)36(42)38-15-7-13-32(24-38)22-34(40)20-30-11-5-9-28(18-30)17-29-10-6-12-31(19-29)21-35(41)23-33-14-8-16-39(25-33)37(43)27(3)4;1-23(2)31(41)37-16-12-25(13-17-37)20-29(39)35-33(5,6)27-10-9-11-28(22-27)34(7,8)36-30(40)21-26-14-18-38(19-15-26)32(42)24(3)4;1-22(2)28(35)31-16-11-24(12-17-31)20-26(33)10-8-6-5-7-9-15-30-27(34)21-25-13-18-32(19-14-25)29(36)23(3)4/h28-33H,1,3,5-25H2,2,4H3;9-11,22,25-26H,1,3,12-21H2,2,4-8H3,(H,35,39)(H,36,40);24-25H,1,3,5-21H2,2,4H3,(H,30,34). The van der Waals surface area contributed by atoms with E-state index in [9.17, 15) is 57.5 Å². The van der Waals surface area contributed by atoms with E-state index in [0.717, 1.165) is 146 Å². The van der Waals surface area contributed by atoms with Gasteiger partial charge in [0, 0.05) is 176 Å². The van der Waals surface area contributed by atoms with E-state index in [-0.39, 0.29) is 65.0 Å². The molecule has 6 saturated heterocycles. The van der Waals surface area contributed by atoms with Crippen molar-refractivity contribution in [2.75, 3.05) is 85.1 Å². The molecule has 0 bridgehead atoms. The molecule has 9 amide bonds. The number of hydrogen-bond acceptors (Lipinski definition) is 12. The Kier molecular flexibility index (Phi) is 40.8. The molecule has 2 saturated carbocycles. The first-order chi connectivity index (χ1) is 57.3. The minimum Gasteiger partial charge on any atom is -0.356 e. The molecule has 8 fully saturated rings. The summed E-state index contributed by atoms with van der Waals surface area (Å²) < 4.78 is 0. The molecule has 6 heterocycles. The molecular weight excluding hydrogens is 1520 g/mol. The van der Waals surface area contributed by atoms with Gasteiger partial charge in [-0.25, -0.2) is 0 Å². The predicted molar refractivity (Wildman–Crippen MR) is 482 cm³/mol. The third-order valence-electron chi connectivity index (χ3n) is 27.0. The molecule has 21 heteroatoms. The summed E-state index contributed by atoms with van der Waals surface area (Å²) in [7, 11) is 0. The average Bonchev–Trinajstić information content (AvgIpc) is 0.800. The molecule has 6 aliphatic heterocycles. The Bertz CT molecular complexity index is 3550. The van der Waals surface area contributed by atoms with E-state index in [1.54, 1.807) is 41.5 Å². The van der Waals surface area contributed by atoms with Crippen molar-refractivity contribution < 1.29 is 57.5 Å². The number of carbonyl (C=O) groups excluding carboxylic acids is 12. The molecule has 121 heavy (non-hydrogen) atoms. The highest BCUT2D eigenvalue weighted by Crippen LogP contribution is 2.42. The van der Waals surface area contributed by atoms with Gasteiger partial charge < -0.3 is 45.3 Å². The van der Waals surface area contributed by atoms with E-state index in [1.165, 1.54) is 57.8 Å². The molecule has 672 valence electrons. The van der Waals surface area contributed by atoms with Gasteiger partial charge in [-0.15, -0.1) is 0 Å². The zero-order valence-electron chi connectivity index (χ0n) is 76.3. The van der Waals surface area contributed by atoms with Crippen LogP contribution in [0.3, 0.4) is 0 Å². The zero-order chi connectivity index (χ0) is 88.7. The molecule has 3 N–H and O–H groups in total. The Morgan fingerprint density at radius 2 is 0.612 bits per heavy atom. The maximum Gasteiger partial charge on any atom is 0.248 e. The van der Waals surface area contributed by atoms with E-state index in [2.05, 4.69) is 61.5 Å². The fourth-order valence-corrected chi connectivity index (χ4v) is 20.1. The highest BCUT2D eigenvalue weighted by molar-refractivity contribution is 5.95. The van der Waals surface area contributed by atoms with Crippen molar-refractivity contribution in [2.24, 2.45) is 59.2 Å². The number of nitrogens with zero attached hydrogens (tertiary/aromatic N) is 6. The molecule has 0 aromatic heterocycles. The number of Topliss-reactive ketones (excluding diaryl/α,β-unsaturated/α-hetero) is 3. The normalized spacial score (nSPS) is 21.6. The second kappa shape index (κ2) is 49.4. The van der Waals surface area contributed by atoms with Gasteiger partial charge in [-0.3, -0.25) is 57.5 Å². The Morgan fingerprint density at radius 3 is 0.967 bits per heavy atom. The van der Waals surface area contributed by atoms with Crippen LogP contribution in [-0.2, 0) is 68.6 Å². The van der Waals surface area contributed by atoms with Crippen molar-refractivity contribution in [1.29, 1.82) is 0 Å². The van der Waals surface area contributed by atoms with E-state index in [4.69, 9.17) is 0 Å². The third-order valence-corrected chi connectivity index (χ3v) is 27.0. The fourth-order valence-electron chi connectivity index (χ4n) is 20.1. The maximum atomic E-state index is 13.1. The van der Waals surface area contributed by atoms with Crippen molar-refractivity contribution in [2.45, 2.75) is 305 Å². The number of nitrogens with one attached hydrogen (secondary N) is 3. The van der Waals surface area contributed by atoms with Gasteiger partial charge >= 0.3 is 0 Å². The van der Waals surface area contributed by atoms with Crippen LogP contribution in [0.2, 0.25) is 0 Å². The summed E-state index contributed by atoms with van der Waals surface area (Å²) in [5.41, 5.74) is 4.15. The maximum absolute atomic E-state index is 13.1. The number of carbonyl (C=O) groups is 12. The van der Waals surface area contributed by atoms with Gasteiger partial charge in [-0.2, -0.15) is 0 Å². The lowest BCUT2D eigenvalue weighted by Crippen LogP contribution is -2.45. The average molecular weight is 1680 g/mol. The van der Waals surface area contributed by atoms with E-state index in [1.807, 2.05) is 75.3 Å². The molecule has 2 aliphatic carbocycles. The lowest BCUT2D eigenvalue weighted by molar-refractivity contribution is -0.130. The van der Waals surface area contributed by atoms with Crippen LogP contribution < -0.4 is 16.0 Å². The summed E-state index contributed by atoms with van der Waals surface area (Å²) in [6.07, 6.45) is 32.3. The van der Waals surface area contributed by atoms with Crippen LogP contribution in [-0.4, -0.2) is 185 Å². The first-order valence-electron chi connectivity index (χ1n) is 46.6. The molecule has 21 nitrogen and oxygen atoms in total. The molecular formula is C100H155N9O12. The number of piperidine rings is 6. The molecule has 0 spiro atoms. The molecule has 8 aliphatic rings. The molecule has 6 atom stereocenters. The van der Waals surface area contributed by atoms with Crippen LogP contribution in [0.25, 0.3) is 0 Å². The van der Waals surface area contributed by atoms with Gasteiger partial charge in [0.1, 0.15) is 17.3 Å². The summed E-state index contributed by atoms with van der Waals surface area (Å²) in [6, 6.07) is 8.03. The Hall–Kier alpha value is -8.10. The summed E-state index contributed by atoms with van der Waals surface area (Å²) in [5.74, 6) is 5.64. The summed E-state index contributed by atoms with van der Waals surface area (Å²) in [5, 5.41) is 9.46. The highest BCUT2D eigenvalue weighted by atomic mass is 16.2.